The third kappa shape index (κ3) is 3.01. The monoisotopic (exact) mass is 332 g/mol. The molecule has 0 atom stereocenters. The minimum absolute atomic E-state index is 0.143. The zero-order valence-corrected chi connectivity index (χ0v) is 13.6. The maximum atomic E-state index is 12.4. The standard InChI is InChI=1S/C14H16N6O2S/c1-19(4-5-22-2)14(21)9-7-10(15)20-11(8-9)17-12(18-20)13-16-3-6-23-13/h3,6-8H,4-5,15H2,1-2H3. The van der Waals surface area contributed by atoms with Gasteiger partial charge in [-0.15, -0.1) is 16.4 Å². The smallest absolute Gasteiger partial charge is 0.253 e. The molecular formula is C14H16N6O2S. The summed E-state index contributed by atoms with van der Waals surface area (Å²) in [6.07, 6.45) is 1.69. The van der Waals surface area contributed by atoms with Gasteiger partial charge in [0.1, 0.15) is 5.82 Å². The van der Waals surface area contributed by atoms with Crippen molar-refractivity contribution in [2.75, 3.05) is 33.0 Å². The number of amides is 1. The molecule has 0 bridgehead atoms. The summed E-state index contributed by atoms with van der Waals surface area (Å²) in [6.45, 7) is 0.969. The van der Waals surface area contributed by atoms with E-state index in [-0.39, 0.29) is 5.91 Å². The van der Waals surface area contributed by atoms with E-state index >= 15 is 0 Å². The van der Waals surface area contributed by atoms with Crippen LogP contribution in [0.25, 0.3) is 16.5 Å². The summed E-state index contributed by atoms with van der Waals surface area (Å²) in [7, 11) is 3.31. The van der Waals surface area contributed by atoms with Crippen LogP contribution < -0.4 is 5.73 Å². The number of hydrogen-bond acceptors (Lipinski definition) is 7. The van der Waals surface area contributed by atoms with Gasteiger partial charge in [-0.1, -0.05) is 0 Å². The van der Waals surface area contributed by atoms with Gasteiger partial charge in [-0.05, 0) is 12.1 Å². The van der Waals surface area contributed by atoms with Crippen molar-refractivity contribution in [3.63, 3.8) is 0 Å². The Hall–Kier alpha value is -2.52. The number of aromatic nitrogens is 4. The van der Waals surface area contributed by atoms with Crippen LogP contribution >= 0.6 is 11.3 Å². The van der Waals surface area contributed by atoms with Crippen LogP contribution in [0.5, 0.6) is 0 Å². The summed E-state index contributed by atoms with van der Waals surface area (Å²) >= 11 is 1.44. The maximum absolute atomic E-state index is 12.4. The molecule has 0 aliphatic rings. The molecule has 8 nitrogen and oxygen atoms in total. The molecule has 0 saturated carbocycles. The van der Waals surface area contributed by atoms with E-state index in [9.17, 15) is 4.79 Å². The first-order valence-electron chi connectivity index (χ1n) is 6.90. The Balaban J connectivity index is 1.96. The summed E-state index contributed by atoms with van der Waals surface area (Å²) < 4.78 is 6.49. The fraction of sp³-hybridized carbons (Fsp3) is 0.286. The van der Waals surface area contributed by atoms with Gasteiger partial charge in [0.05, 0.1) is 6.61 Å². The van der Waals surface area contributed by atoms with Gasteiger partial charge in [0.15, 0.2) is 10.7 Å². The molecule has 0 aliphatic carbocycles. The van der Waals surface area contributed by atoms with Crippen LogP contribution in [-0.2, 0) is 4.74 Å². The summed E-state index contributed by atoms with van der Waals surface area (Å²) in [5.74, 6) is 0.695. The van der Waals surface area contributed by atoms with E-state index in [0.717, 1.165) is 0 Å². The molecule has 0 aromatic carbocycles. The molecule has 0 spiro atoms. The lowest BCUT2D eigenvalue weighted by atomic mass is 10.2. The highest BCUT2D eigenvalue weighted by Crippen LogP contribution is 2.21. The quantitative estimate of drug-likeness (QED) is 0.752. The van der Waals surface area contributed by atoms with Crippen LogP contribution in [0, 0.1) is 0 Å². The van der Waals surface area contributed by atoms with Crippen molar-refractivity contribution in [3.05, 3.63) is 29.3 Å². The molecule has 2 N–H and O–H groups in total. The van der Waals surface area contributed by atoms with Crippen molar-refractivity contribution in [2.24, 2.45) is 0 Å². The Labute approximate surface area is 136 Å². The van der Waals surface area contributed by atoms with Crippen molar-refractivity contribution in [1.29, 1.82) is 0 Å². The summed E-state index contributed by atoms with van der Waals surface area (Å²) in [5, 5.41) is 6.89. The zero-order valence-electron chi connectivity index (χ0n) is 12.8. The number of nitrogens with zero attached hydrogens (tertiary/aromatic N) is 5. The number of likely N-dealkylation sites (N-methyl/N-ethyl adjacent to an activating group) is 1. The Morgan fingerprint density at radius 3 is 3.00 bits per heavy atom. The minimum Gasteiger partial charge on any atom is -0.384 e. The number of nitrogens with two attached hydrogens (primary N) is 1. The number of carbonyl (C=O) groups is 1. The molecule has 0 fully saturated rings. The highest BCUT2D eigenvalue weighted by molar-refractivity contribution is 7.13. The molecular weight excluding hydrogens is 316 g/mol. The normalized spacial score (nSPS) is 11.0. The van der Waals surface area contributed by atoms with Gasteiger partial charge in [-0.2, -0.15) is 4.52 Å². The number of fused-ring (bicyclic) bond motifs is 1. The van der Waals surface area contributed by atoms with Crippen LogP contribution in [-0.4, -0.2) is 57.7 Å². The number of hydrogen-bond donors (Lipinski definition) is 1. The second-order valence-electron chi connectivity index (χ2n) is 4.93. The number of anilines is 1. The van der Waals surface area contributed by atoms with Crippen molar-refractivity contribution in [2.45, 2.75) is 0 Å². The fourth-order valence-electron chi connectivity index (χ4n) is 2.11. The largest absolute Gasteiger partial charge is 0.384 e. The average molecular weight is 332 g/mol. The van der Waals surface area contributed by atoms with Crippen LogP contribution in [0.1, 0.15) is 10.4 Å². The first kappa shape index (κ1) is 15.4. The van der Waals surface area contributed by atoms with Gasteiger partial charge in [-0.25, -0.2) is 9.97 Å². The van der Waals surface area contributed by atoms with Crippen molar-refractivity contribution >= 4 is 28.7 Å². The molecule has 0 unspecified atom stereocenters. The summed E-state index contributed by atoms with van der Waals surface area (Å²) in [5.41, 5.74) is 6.99. The highest BCUT2D eigenvalue weighted by atomic mass is 32.1. The number of methoxy groups -OCH3 is 1. The minimum atomic E-state index is -0.143. The molecule has 0 radical (unpaired) electrons. The topological polar surface area (TPSA) is 98.6 Å². The van der Waals surface area contributed by atoms with Crippen LogP contribution in [0.2, 0.25) is 0 Å². The van der Waals surface area contributed by atoms with Crippen molar-refractivity contribution in [1.82, 2.24) is 24.5 Å². The molecule has 3 aromatic heterocycles. The van der Waals surface area contributed by atoms with E-state index in [1.54, 1.807) is 37.4 Å². The molecule has 1 amide bonds. The summed E-state index contributed by atoms with van der Waals surface area (Å²) in [6, 6.07) is 3.27. The number of nitrogen functional groups attached to an aromatic ring is 1. The van der Waals surface area contributed by atoms with Gasteiger partial charge in [0.25, 0.3) is 5.91 Å². The van der Waals surface area contributed by atoms with Crippen LogP contribution in [0.15, 0.2) is 23.7 Å². The maximum Gasteiger partial charge on any atom is 0.253 e. The second-order valence-corrected chi connectivity index (χ2v) is 5.83. The number of rotatable bonds is 5. The Morgan fingerprint density at radius 1 is 1.48 bits per heavy atom. The third-order valence-electron chi connectivity index (χ3n) is 3.31. The van der Waals surface area contributed by atoms with E-state index in [2.05, 4.69) is 15.1 Å². The zero-order chi connectivity index (χ0) is 16.4. The van der Waals surface area contributed by atoms with E-state index in [1.807, 2.05) is 5.38 Å². The van der Waals surface area contributed by atoms with Crippen molar-refractivity contribution in [3.8, 4) is 10.8 Å². The molecule has 0 saturated heterocycles. The first-order chi connectivity index (χ1) is 11.1. The lowest BCUT2D eigenvalue weighted by Gasteiger charge is -2.16. The van der Waals surface area contributed by atoms with Gasteiger partial charge in [-0.3, -0.25) is 4.79 Å². The molecule has 3 rings (SSSR count). The van der Waals surface area contributed by atoms with Crippen molar-refractivity contribution < 1.29 is 9.53 Å². The van der Waals surface area contributed by atoms with Gasteiger partial charge in [0.2, 0.25) is 5.82 Å². The predicted molar refractivity (Wildman–Crippen MR) is 87.3 cm³/mol. The van der Waals surface area contributed by atoms with Crippen LogP contribution in [0.3, 0.4) is 0 Å². The fourth-order valence-corrected chi connectivity index (χ4v) is 2.67. The number of pyridine rings is 1. The van der Waals surface area contributed by atoms with Gasteiger partial charge < -0.3 is 15.4 Å². The lowest BCUT2D eigenvalue weighted by Crippen LogP contribution is -2.30. The van der Waals surface area contributed by atoms with E-state index in [4.69, 9.17) is 10.5 Å². The average Bonchev–Trinajstić information content (AvgIpc) is 3.20. The number of thiazole rings is 1. The molecule has 3 aromatic rings. The molecule has 3 heterocycles. The van der Waals surface area contributed by atoms with Crippen LogP contribution in [0.4, 0.5) is 5.82 Å². The number of carbonyl (C=O) groups excluding carboxylic acids is 1. The first-order valence-corrected chi connectivity index (χ1v) is 7.78. The second kappa shape index (κ2) is 6.31. The molecule has 0 aliphatic heterocycles. The highest BCUT2D eigenvalue weighted by Gasteiger charge is 2.16. The summed E-state index contributed by atoms with van der Waals surface area (Å²) in [4.78, 5) is 22.6. The van der Waals surface area contributed by atoms with E-state index < -0.39 is 0 Å². The Morgan fingerprint density at radius 2 is 2.30 bits per heavy atom. The molecule has 9 heteroatoms. The Bertz CT molecular complexity index is 829. The van der Waals surface area contributed by atoms with Gasteiger partial charge >= 0.3 is 0 Å². The Kier molecular flexibility index (Phi) is 4.22. The lowest BCUT2D eigenvalue weighted by molar-refractivity contribution is 0.0744. The SMILES string of the molecule is COCCN(C)C(=O)c1cc(N)n2nc(-c3nccs3)nc2c1. The van der Waals surface area contributed by atoms with E-state index in [0.29, 0.717) is 41.0 Å². The van der Waals surface area contributed by atoms with Gasteiger partial charge in [0, 0.05) is 37.8 Å². The number of ether oxygens (including phenoxy) is 1. The predicted octanol–water partition coefficient (Wildman–Crippen LogP) is 1.15. The molecule has 120 valence electrons. The third-order valence-corrected chi connectivity index (χ3v) is 4.08. The molecule has 23 heavy (non-hydrogen) atoms. The van der Waals surface area contributed by atoms with E-state index in [1.165, 1.54) is 15.9 Å².